The maximum Gasteiger partial charge on any atom is 0.472 e. The van der Waals surface area contributed by atoms with Gasteiger partial charge in [-0.2, -0.15) is 0 Å². The number of nitrogens with one attached hydrogen (secondary N) is 1. The predicted molar refractivity (Wildman–Crippen MR) is 420 cm³/mol. The summed E-state index contributed by atoms with van der Waals surface area (Å²) in [6, 6.07) is -0.873. The first-order chi connectivity index (χ1) is 46.5. The first kappa shape index (κ1) is 92.9. The third-order valence-electron chi connectivity index (χ3n) is 19.1. The number of quaternary nitrogens is 1. The number of phosphoric acid groups is 1. The molecule has 0 fully saturated rings. The van der Waals surface area contributed by atoms with Crippen molar-refractivity contribution in [2.24, 2.45) is 0 Å². The molecule has 8 nitrogen and oxygen atoms in total. The number of likely N-dealkylation sites (N-methyl/N-ethyl adjacent to an activating group) is 1. The van der Waals surface area contributed by atoms with E-state index in [9.17, 15) is 19.4 Å². The third kappa shape index (κ3) is 79.1. The van der Waals surface area contributed by atoms with E-state index in [1.54, 1.807) is 6.08 Å². The van der Waals surface area contributed by atoms with E-state index in [1.165, 1.54) is 340 Å². The minimum atomic E-state index is -4.37. The molecular weight excluding hydrogens is 1190 g/mol. The Labute approximate surface area is 593 Å². The molecule has 0 aliphatic rings. The zero-order valence-corrected chi connectivity index (χ0v) is 65.1. The van der Waals surface area contributed by atoms with Crippen LogP contribution in [0.1, 0.15) is 418 Å². The summed E-state index contributed by atoms with van der Waals surface area (Å²) in [6.45, 7) is 4.83. The second-order valence-corrected chi connectivity index (χ2v) is 31.3. The highest BCUT2D eigenvalue weighted by Crippen LogP contribution is 2.43. The minimum Gasteiger partial charge on any atom is -0.387 e. The number of carbonyl (C=O) groups is 1. The number of rotatable bonds is 78. The Bertz CT molecular complexity index is 1790. The van der Waals surface area contributed by atoms with Gasteiger partial charge >= 0.3 is 7.82 Å². The summed E-state index contributed by atoms with van der Waals surface area (Å²) in [4.78, 5) is 23.5. The number of carbonyl (C=O) groups excluding carboxylic acids is 1. The van der Waals surface area contributed by atoms with E-state index in [2.05, 4.69) is 79.9 Å². The second-order valence-electron chi connectivity index (χ2n) is 29.8. The van der Waals surface area contributed by atoms with Crippen molar-refractivity contribution in [3.05, 3.63) is 72.9 Å². The Kier molecular flexibility index (Phi) is 74.5. The van der Waals surface area contributed by atoms with Gasteiger partial charge in [-0.15, -0.1) is 0 Å². The summed E-state index contributed by atoms with van der Waals surface area (Å²) in [5.74, 6) is -0.184. The molecule has 0 rings (SSSR count). The lowest BCUT2D eigenvalue weighted by Gasteiger charge is -2.25. The molecule has 3 unspecified atom stereocenters. The average Bonchev–Trinajstić information content (AvgIpc) is 2.01. The minimum absolute atomic E-state index is 0.0538. The molecule has 3 atom stereocenters. The molecule has 0 aliphatic carbocycles. The molecule has 0 aromatic carbocycles. The fraction of sp³-hybridized carbons (Fsp3) is 0.849. The van der Waals surface area contributed by atoms with Gasteiger partial charge in [0, 0.05) is 6.42 Å². The average molecular weight is 1350 g/mol. The Morgan fingerprint density at radius 1 is 0.358 bits per heavy atom. The fourth-order valence-corrected chi connectivity index (χ4v) is 13.4. The highest BCUT2D eigenvalue weighted by Gasteiger charge is 2.28. The quantitative estimate of drug-likeness (QED) is 0.0243. The van der Waals surface area contributed by atoms with E-state index < -0.39 is 20.0 Å². The largest absolute Gasteiger partial charge is 0.472 e. The van der Waals surface area contributed by atoms with Gasteiger partial charge in [0.15, 0.2) is 0 Å². The summed E-state index contributed by atoms with van der Waals surface area (Å²) < 4.78 is 23.9. The molecule has 0 aromatic rings. The van der Waals surface area contributed by atoms with Crippen LogP contribution < -0.4 is 5.32 Å². The normalized spacial score (nSPS) is 13.8. The van der Waals surface area contributed by atoms with Crippen molar-refractivity contribution in [1.29, 1.82) is 0 Å². The van der Waals surface area contributed by atoms with Gasteiger partial charge in [0.1, 0.15) is 13.2 Å². The number of phosphoric ester groups is 1. The van der Waals surface area contributed by atoms with Crippen molar-refractivity contribution in [3.63, 3.8) is 0 Å². The van der Waals surface area contributed by atoms with E-state index in [0.717, 1.165) is 57.8 Å². The van der Waals surface area contributed by atoms with Crippen LogP contribution in [0, 0.1) is 0 Å². The number of allylic oxidation sites excluding steroid dienone is 11. The van der Waals surface area contributed by atoms with Crippen LogP contribution in [0.15, 0.2) is 72.9 Å². The SMILES string of the molecule is CCCCCCC/C=C\C/C=C\C/C=C\CCCCCCCCCCCCCCCCCCCCCCCCCCCCC(=O)NC(COP(=O)(O)OCC[N+](C)(C)C)C(O)/C=C/CC/C=C/CC/C=C/CCCCCCCCCCCCCCCCCCCCCCCC. The second kappa shape index (κ2) is 76.1. The van der Waals surface area contributed by atoms with Crippen LogP contribution in [0.5, 0.6) is 0 Å². The van der Waals surface area contributed by atoms with Gasteiger partial charge in [-0.1, -0.05) is 401 Å². The van der Waals surface area contributed by atoms with Crippen LogP contribution in [0.4, 0.5) is 0 Å². The lowest BCUT2D eigenvalue weighted by atomic mass is 10.0. The summed E-state index contributed by atoms with van der Waals surface area (Å²) in [6.07, 6.45) is 108. The first-order valence-corrected chi connectivity index (χ1v) is 43.3. The lowest BCUT2D eigenvalue weighted by molar-refractivity contribution is -0.870. The van der Waals surface area contributed by atoms with Crippen molar-refractivity contribution in [2.75, 3.05) is 40.9 Å². The summed E-state index contributed by atoms with van der Waals surface area (Å²) in [7, 11) is 1.56. The van der Waals surface area contributed by atoms with E-state index in [-0.39, 0.29) is 19.1 Å². The fourth-order valence-electron chi connectivity index (χ4n) is 12.7. The Hall–Kier alpha value is -2.06. The molecule has 0 aromatic heterocycles. The van der Waals surface area contributed by atoms with Crippen LogP contribution in [0.3, 0.4) is 0 Å². The van der Waals surface area contributed by atoms with Crippen molar-refractivity contribution >= 4 is 13.7 Å². The maximum atomic E-state index is 13.1. The molecule has 0 heterocycles. The Morgan fingerprint density at radius 3 is 0.916 bits per heavy atom. The number of unbranched alkanes of at least 4 members (excludes halogenated alkanes) is 55. The summed E-state index contributed by atoms with van der Waals surface area (Å²) >= 11 is 0. The molecule has 95 heavy (non-hydrogen) atoms. The Balaban J connectivity index is 3.96. The molecule has 0 saturated carbocycles. The molecule has 0 radical (unpaired) electrons. The molecule has 0 bridgehead atoms. The zero-order chi connectivity index (χ0) is 69.0. The Morgan fingerprint density at radius 2 is 0.611 bits per heavy atom. The number of hydrogen-bond acceptors (Lipinski definition) is 5. The molecule has 9 heteroatoms. The third-order valence-corrected chi connectivity index (χ3v) is 20.1. The predicted octanol–water partition coefficient (Wildman–Crippen LogP) is 27.6. The molecule has 0 saturated heterocycles. The molecule has 0 aliphatic heterocycles. The molecule has 558 valence electrons. The topological polar surface area (TPSA) is 105 Å². The van der Waals surface area contributed by atoms with Gasteiger partial charge in [-0.25, -0.2) is 4.57 Å². The van der Waals surface area contributed by atoms with Crippen LogP contribution in [-0.4, -0.2) is 73.4 Å². The lowest BCUT2D eigenvalue weighted by Crippen LogP contribution is -2.45. The van der Waals surface area contributed by atoms with Crippen LogP contribution >= 0.6 is 7.82 Å². The number of nitrogens with zero attached hydrogens (tertiary/aromatic N) is 1. The zero-order valence-electron chi connectivity index (χ0n) is 64.2. The van der Waals surface area contributed by atoms with E-state index in [4.69, 9.17) is 9.05 Å². The van der Waals surface area contributed by atoms with Crippen LogP contribution in [0.25, 0.3) is 0 Å². The summed E-state index contributed by atoms with van der Waals surface area (Å²) in [5.41, 5.74) is 0. The first-order valence-electron chi connectivity index (χ1n) is 41.8. The molecule has 3 N–H and O–H groups in total. The molecule has 0 spiro atoms. The van der Waals surface area contributed by atoms with Gasteiger partial charge in [-0.3, -0.25) is 13.8 Å². The summed E-state index contributed by atoms with van der Waals surface area (Å²) in [5, 5.41) is 14.0. The highest BCUT2D eigenvalue weighted by atomic mass is 31.2. The van der Waals surface area contributed by atoms with Crippen molar-refractivity contribution in [1.82, 2.24) is 5.32 Å². The van der Waals surface area contributed by atoms with E-state index in [1.807, 2.05) is 27.2 Å². The van der Waals surface area contributed by atoms with E-state index in [0.29, 0.717) is 17.4 Å². The van der Waals surface area contributed by atoms with E-state index >= 15 is 0 Å². The van der Waals surface area contributed by atoms with Gasteiger partial charge in [0.25, 0.3) is 0 Å². The monoisotopic (exact) mass is 1350 g/mol. The van der Waals surface area contributed by atoms with Gasteiger partial charge in [-0.05, 0) is 83.5 Å². The molecule has 1 amide bonds. The number of aliphatic hydroxyl groups excluding tert-OH is 1. The van der Waals surface area contributed by atoms with Gasteiger partial charge in [0.2, 0.25) is 5.91 Å². The van der Waals surface area contributed by atoms with Crippen molar-refractivity contribution in [3.8, 4) is 0 Å². The van der Waals surface area contributed by atoms with Crippen LogP contribution in [0.2, 0.25) is 0 Å². The molecular formula is C86H164N2O6P+. The maximum absolute atomic E-state index is 13.1. The number of amides is 1. The van der Waals surface area contributed by atoms with Crippen LogP contribution in [-0.2, 0) is 18.4 Å². The van der Waals surface area contributed by atoms with Gasteiger partial charge in [0.05, 0.1) is 39.9 Å². The number of aliphatic hydroxyl groups is 1. The van der Waals surface area contributed by atoms with Crippen molar-refractivity contribution < 1.29 is 32.9 Å². The standard InChI is InChI=1S/C86H163N2O6P/c1-6-8-10-12-14-16-18-20-22-24-26-28-30-32-34-36-38-40-41-42-43-44-45-46-47-48-50-52-54-56-58-60-62-64-66-68-70-72-74-76-78-80-86(90)87-84(83-94-95(91,92)93-82-81-88(3,4)5)85(89)79-77-75-73-71-69-67-65-63-61-59-57-55-53-51-49-39-37-35-33-31-29-27-25-23-21-19-17-15-13-11-9-7-2/h18,20,24,26,30,32,61,63,69,71,77,79,84-85,89H,6-17,19,21-23,25,27-29,31,33-60,62,64-68,70,72-76,78,80-83H2,1-5H3,(H-,87,90,91,92)/p+1/b20-18-,26-24-,32-30-,63-61+,71-69+,79-77+. The smallest absolute Gasteiger partial charge is 0.387 e. The number of hydrogen-bond donors (Lipinski definition) is 3. The van der Waals surface area contributed by atoms with Gasteiger partial charge < -0.3 is 19.8 Å². The highest BCUT2D eigenvalue weighted by molar-refractivity contribution is 7.47. The van der Waals surface area contributed by atoms with Crippen molar-refractivity contribution in [2.45, 2.75) is 431 Å².